The summed E-state index contributed by atoms with van der Waals surface area (Å²) in [7, 11) is 0. The molecule has 0 saturated carbocycles. The van der Waals surface area contributed by atoms with E-state index in [0.29, 0.717) is 10.6 Å². The first kappa shape index (κ1) is 13.0. The van der Waals surface area contributed by atoms with Crippen LogP contribution in [0.15, 0.2) is 18.2 Å². The van der Waals surface area contributed by atoms with Gasteiger partial charge in [-0.2, -0.15) is 0 Å². The molecule has 2 rings (SSSR count). The molecule has 0 spiro atoms. The maximum atomic E-state index is 13.6. The van der Waals surface area contributed by atoms with Crippen LogP contribution in [-0.2, 0) is 0 Å². The molecular formula is C12H12F2N2OS. The Morgan fingerprint density at radius 3 is 2.39 bits per heavy atom. The smallest absolute Gasteiger partial charge is 0.132 e. The van der Waals surface area contributed by atoms with Crippen molar-refractivity contribution in [2.75, 3.05) is 0 Å². The van der Waals surface area contributed by atoms with Crippen LogP contribution in [0.5, 0.6) is 0 Å². The van der Waals surface area contributed by atoms with E-state index in [1.807, 2.05) is 13.8 Å². The van der Waals surface area contributed by atoms with E-state index >= 15 is 0 Å². The lowest BCUT2D eigenvalue weighted by atomic mass is 10.0. The van der Waals surface area contributed by atoms with Gasteiger partial charge in [0.15, 0.2) is 0 Å². The molecule has 1 N–H and O–H groups in total. The summed E-state index contributed by atoms with van der Waals surface area (Å²) in [6.07, 6.45) is -1.37. The summed E-state index contributed by atoms with van der Waals surface area (Å²) in [5, 5.41) is 14.0. The second kappa shape index (κ2) is 5.07. The van der Waals surface area contributed by atoms with Crippen molar-refractivity contribution in [3.8, 4) is 0 Å². The molecule has 3 nitrogen and oxygen atoms in total. The monoisotopic (exact) mass is 270 g/mol. The maximum absolute atomic E-state index is 13.6. The van der Waals surface area contributed by atoms with Crippen LogP contribution < -0.4 is 0 Å². The summed E-state index contributed by atoms with van der Waals surface area (Å²) in [6, 6.07) is 3.49. The third-order valence-corrected chi connectivity index (χ3v) is 3.40. The van der Waals surface area contributed by atoms with Crippen molar-refractivity contribution in [3.05, 3.63) is 46.0 Å². The minimum absolute atomic E-state index is 0.0308. The average Bonchev–Trinajstić information content (AvgIpc) is 2.77. The fourth-order valence-corrected chi connectivity index (χ4v) is 2.50. The average molecular weight is 270 g/mol. The molecule has 1 heterocycles. The summed E-state index contributed by atoms with van der Waals surface area (Å²) < 4.78 is 30.9. The Labute approximate surface area is 107 Å². The lowest BCUT2D eigenvalue weighted by molar-refractivity contribution is 0.211. The highest BCUT2D eigenvalue weighted by atomic mass is 32.1. The predicted octanol–water partition coefficient (Wildman–Crippen LogP) is 3.02. The molecule has 18 heavy (non-hydrogen) atoms. The van der Waals surface area contributed by atoms with E-state index in [0.717, 1.165) is 23.7 Å². The van der Waals surface area contributed by atoms with Crippen LogP contribution in [0.1, 0.15) is 42.0 Å². The standard InChI is InChI=1S/C12H12F2N2OS/c1-6(2)10-12(18-16-15-10)11(17)9-7(13)4-3-5-8(9)14/h3-6,11,17H,1-2H3. The largest absolute Gasteiger partial charge is 0.382 e. The zero-order chi connectivity index (χ0) is 13.3. The van der Waals surface area contributed by atoms with Crippen LogP contribution in [0.4, 0.5) is 8.78 Å². The van der Waals surface area contributed by atoms with Gasteiger partial charge >= 0.3 is 0 Å². The Balaban J connectivity index is 2.48. The van der Waals surface area contributed by atoms with Gasteiger partial charge in [0.2, 0.25) is 0 Å². The van der Waals surface area contributed by atoms with E-state index in [4.69, 9.17) is 0 Å². The van der Waals surface area contributed by atoms with E-state index in [-0.39, 0.29) is 11.5 Å². The van der Waals surface area contributed by atoms with E-state index in [2.05, 4.69) is 9.59 Å². The number of hydrogen-bond acceptors (Lipinski definition) is 4. The molecule has 0 radical (unpaired) electrons. The fraction of sp³-hybridized carbons (Fsp3) is 0.333. The zero-order valence-corrected chi connectivity index (χ0v) is 10.7. The Kier molecular flexibility index (Phi) is 3.68. The van der Waals surface area contributed by atoms with Crippen molar-refractivity contribution in [2.45, 2.75) is 25.9 Å². The van der Waals surface area contributed by atoms with Gasteiger partial charge in [0.1, 0.15) is 17.7 Å². The molecule has 1 aromatic carbocycles. The van der Waals surface area contributed by atoms with Gasteiger partial charge in [-0.05, 0) is 29.6 Å². The molecule has 0 aliphatic rings. The Hall–Kier alpha value is -1.40. The highest BCUT2D eigenvalue weighted by Crippen LogP contribution is 2.32. The molecule has 0 bridgehead atoms. The first-order valence-electron chi connectivity index (χ1n) is 5.46. The van der Waals surface area contributed by atoms with E-state index in [1.165, 1.54) is 6.07 Å². The number of nitrogens with zero attached hydrogens (tertiary/aromatic N) is 2. The van der Waals surface area contributed by atoms with Crippen LogP contribution in [0.3, 0.4) is 0 Å². The van der Waals surface area contributed by atoms with Crippen LogP contribution in [-0.4, -0.2) is 14.7 Å². The Morgan fingerprint density at radius 1 is 1.22 bits per heavy atom. The van der Waals surface area contributed by atoms with Crippen molar-refractivity contribution in [2.24, 2.45) is 0 Å². The Morgan fingerprint density at radius 2 is 1.83 bits per heavy atom. The number of benzene rings is 1. The van der Waals surface area contributed by atoms with Gasteiger partial charge in [0.25, 0.3) is 0 Å². The third-order valence-electron chi connectivity index (χ3n) is 2.61. The molecule has 96 valence electrons. The van der Waals surface area contributed by atoms with E-state index < -0.39 is 17.7 Å². The van der Waals surface area contributed by atoms with Crippen LogP contribution in [0.2, 0.25) is 0 Å². The van der Waals surface area contributed by atoms with Gasteiger partial charge in [-0.3, -0.25) is 0 Å². The number of aliphatic hydroxyl groups is 1. The van der Waals surface area contributed by atoms with Crippen LogP contribution in [0.25, 0.3) is 0 Å². The minimum atomic E-state index is -1.37. The van der Waals surface area contributed by atoms with Crippen molar-refractivity contribution < 1.29 is 13.9 Å². The molecule has 0 aliphatic carbocycles. The summed E-state index contributed by atoms with van der Waals surface area (Å²) in [4.78, 5) is 0.383. The molecule has 1 aromatic heterocycles. The number of hydrogen-bond donors (Lipinski definition) is 1. The summed E-state index contributed by atoms with van der Waals surface area (Å²) >= 11 is 0.954. The van der Waals surface area contributed by atoms with Crippen molar-refractivity contribution in [3.63, 3.8) is 0 Å². The van der Waals surface area contributed by atoms with Crippen molar-refractivity contribution in [1.29, 1.82) is 0 Å². The molecule has 2 aromatic rings. The number of halogens is 2. The SMILES string of the molecule is CC(C)c1nnsc1C(O)c1c(F)cccc1F. The molecular weight excluding hydrogens is 258 g/mol. The second-order valence-electron chi connectivity index (χ2n) is 4.21. The normalized spacial score (nSPS) is 13.0. The van der Waals surface area contributed by atoms with Gasteiger partial charge in [-0.15, -0.1) is 5.10 Å². The highest BCUT2D eigenvalue weighted by Gasteiger charge is 2.25. The maximum Gasteiger partial charge on any atom is 0.132 e. The first-order chi connectivity index (χ1) is 8.52. The summed E-state index contributed by atoms with van der Waals surface area (Å²) in [6.45, 7) is 3.76. The number of rotatable bonds is 3. The molecule has 1 unspecified atom stereocenters. The molecule has 0 amide bonds. The van der Waals surface area contributed by atoms with Crippen molar-refractivity contribution >= 4 is 11.5 Å². The van der Waals surface area contributed by atoms with Gasteiger partial charge in [0.05, 0.1) is 16.1 Å². The van der Waals surface area contributed by atoms with Crippen LogP contribution in [0, 0.1) is 11.6 Å². The first-order valence-corrected chi connectivity index (χ1v) is 6.23. The number of aliphatic hydroxyl groups excluding tert-OH is 1. The minimum Gasteiger partial charge on any atom is -0.382 e. The van der Waals surface area contributed by atoms with Crippen LogP contribution >= 0.6 is 11.5 Å². The topological polar surface area (TPSA) is 46.0 Å². The second-order valence-corrected chi connectivity index (χ2v) is 5.00. The molecule has 6 heteroatoms. The van der Waals surface area contributed by atoms with Gasteiger partial charge < -0.3 is 5.11 Å². The van der Waals surface area contributed by atoms with Gasteiger partial charge in [-0.25, -0.2) is 8.78 Å². The number of aromatic nitrogens is 2. The third kappa shape index (κ3) is 2.26. The van der Waals surface area contributed by atoms with E-state index in [9.17, 15) is 13.9 Å². The fourth-order valence-electron chi connectivity index (χ4n) is 1.70. The van der Waals surface area contributed by atoms with E-state index in [1.54, 1.807) is 0 Å². The Bertz CT molecular complexity index is 537. The molecule has 0 aliphatic heterocycles. The zero-order valence-electron chi connectivity index (χ0n) is 9.89. The molecule has 1 atom stereocenters. The lowest BCUT2D eigenvalue weighted by Gasteiger charge is -2.13. The molecule has 0 saturated heterocycles. The lowest BCUT2D eigenvalue weighted by Crippen LogP contribution is -2.07. The quantitative estimate of drug-likeness (QED) is 0.932. The summed E-state index contributed by atoms with van der Waals surface area (Å²) in [5.74, 6) is -1.51. The van der Waals surface area contributed by atoms with Crippen molar-refractivity contribution in [1.82, 2.24) is 9.59 Å². The van der Waals surface area contributed by atoms with Gasteiger partial charge in [-0.1, -0.05) is 24.4 Å². The summed E-state index contributed by atoms with van der Waals surface area (Å²) in [5.41, 5.74) is 0.209. The van der Waals surface area contributed by atoms with Gasteiger partial charge in [0, 0.05) is 0 Å². The predicted molar refractivity (Wildman–Crippen MR) is 64.4 cm³/mol. The molecule has 0 fully saturated rings. The highest BCUT2D eigenvalue weighted by molar-refractivity contribution is 7.05.